The summed E-state index contributed by atoms with van der Waals surface area (Å²) < 4.78 is 5.47. The van der Waals surface area contributed by atoms with Gasteiger partial charge in [0.1, 0.15) is 6.10 Å². The van der Waals surface area contributed by atoms with Crippen molar-refractivity contribution in [3.63, 3.8) is 0 Å². The fraction of sp³-hybridized carbons (Fsp3) is 0.667. The molecule has 1 heterocycles. The number of halogens is 1. The molecule has 0 saturated carbocycles. The Hall–Kier alpha value is -0.130. The average Bonchev–Trinajstić information content (AvgIpc) is 2.82. The lowest BCUT2D eigenvalue weighted by atomic mass is 10.3. The number of rotatable bonds is 8. The summed E-state index contributed by atoms with van der Waals surface area (Å²) in [6.45, 7) is 8.39. The molecule has 0 fully saturated rings. The summed E-state index contributed by atoms with van der Waals surface area (Å²) in [6, 6.07) is 3.88. The Morgan fingerprint density at radius 3 is 2.65 bits per heavy atom. The average molecular weight is 280 g/mol. The second kappa shape index (κ2) is 9.85. The molecule has 1 atom stereocenters. The summed E-state index contributed by atoms with van der Waals surface area (Å²) in [6.07, 6.45) is -0.475. The van der Waals surface area contributed by atoms with E-state index in [0.29, 0.717) is 13.2 Å². The van der Waals surface area contributed by atoms with E-state index in [0.717, 1.165) is 24.5 Å². The van der Waals surface area contributed by atoms with Crippen LogP contribution in [0.25, 0.3) is 0 Å². The van der Waals surface area contributed by atoms with Gasteiger partial charge < -0.3 is 14.7 Å². The minimum absolute atomic E-state index is 0. The van der Waals surface area contributed by atoms with Crippen molar-refractivity contribution in [3.05, 3.63) is 22.4 Å². The zero-order chi connectivity index (χ0) is 11.8. The summed E-state index contributed by atoms with van der Waals surface area (Å²) in [5.41, 5.74) is 0. The van der Waals surface area contributed by atoms with Crippen molar-refractivity contribution >= 4 is 23.7 Å². The monoisotopic (exact) mass is 279 g/mol. The Bertz CT molecular complexity index is 265. The lowest BCUT2D eigenvalue weighted by Gasteiger charge is -2.18. The van der Waals surface area contributed by atoms with Crippen LogP contribution in [0.3, 0.4) is 0 Å². The largest absolute Gasteiger partial charge is 0.385 e. The zero-order valence-electron chi connectivity index (χ0n) is 10.5. The molecule has 0 aliphatic carbocycles. The number of nitrogens with zero attached hydrogens (tertiary/aromatic N) is 1. The lowest BCUT2D eigenvalue weighted by molar-refractivity contribution is 0.0290. The highest BCUT2D eigenvalue weighted by molar-refractivity contribution is 7.10. The summed E-state index contributed by atoms with van der Waals surface area (Å²) in [5, 5.41) is 11.7. The maximum absolute atomic E-state index is 9.76. The molecular weight excluding hydrogens is 258 g/mol. The molecule has 1 N–H and O–H groups in total. The van der Waals surface area contributed by atoms with E-state index in [1.807, 2.05) is 17.5 Å². The van der Waals surface area contributed by atoms with E-state index in [9.17, 15) is 5.11 Å². The Morgan fingerprint density at radius 1 is 1.41 bits per heavy atom. The van der Waals surface area contributed by atoms with E-state index < -0.39 is 6.10 Å². The van der Waals surface area contributed by atoms with Gasteiger partial charge in [-0.3, -0.25) is 0 Å². The molecule has 100 valence electrons. The van der Waals surface area contributed by atoms with Crippen LogP contribution in [0.15, 0.2) is 17.5 Å². The molecule has 1 unspecified atom stereocenters. The van der Waals surface area contributed by atoms with E-state index in [-0.39, 0.29) is 12.4 Å². The topological polar surface area (TPSA) is 32.7 Å². The van der Waals surface area contributed by atoms with Crippen LogP contribution in [0.5, 0.6) is 0 Å². The Morgan fingerprint density at radius 2 is 2.12 bits per heavy atom. The predicted octanol–water partition coefficient (Wildman–Crippen LogP) is 2.56. The smallest absolute Gasteiger partial charge is 0.111 e. The van der Waals surface area contributed by atoms with Crippen LogP contribution in [0, 0.1) is 0 Å². The normalized spacial score (nSPS) is 12.5. The minimum atomic E-state index is -0.475. The van der Waals surface area contributed by atoms with Crippen LogP contribution in [0.2, 0.25) is 0 Å². The number of aliphatic hydroxyl groups is 1. The molecule has 1 aromatic rings. The number of hydrogen-bond donors (Lipinski definition) is 1. The summed E-state index contributed by atoms with van der Waals surface area (Å²) in [7, 11) is 0. The molecule has 0 amide bonds. The van der Waals surface area contributed by atoms with Crippen LogP contribution < -0.4 is 0 Å². The van der Waals surface area contributed by atoms with E-state index in [1.165, 1.54) is 0 Å². The molecule has 0 saturated heterocycles. The standard InChI is InChI=1S/C12H21NO2S.ClH/c1-3-13(4-2)7-8-15-10-11(14)12-6-5-9-16-12;/h5-6,9,11,14H,3-4,7-8,10H2,1-2H3;1H. The summed E-state index contributed by atoms with van der Waals surface area (Å²) in [5.74, 6) is 0. The van der Waals surface area contributed by atoms with E-state index >= 15 is 0 Å². The molecule has 0 aliphatic heterocycles. The summed E-state index contributed by atoms with van der Waals surface area (Å²) >= 11 is 1.56. The predicted molar refractivity (Wildman–Crippen MR) is 75.1 cm³/mol. The molecule has 0 radical (unpaired) electrons. The number of hydrogen-bond acceptors (Lipinski definition) is 4. The number of ether oxygens (including phenoxy) is 1. The third kappa shape index (κ3) is 6.38. The van der Waals surface area contributed by atoms with Crippen molar-refractivity contribution in [1.29, 1.82) is 0 Å². The van der Waals surface area contributed by atoms with Crippen molar-refractivity contribution in [2.75, 3.05) is 32.8 Å². The van der Waals surface area contributed by atoms with Gasteiger partial charge in [-0.2, -0.15) is 0 Å². The van der Waals surface area contributed by atoms with Gasteiger partial charge in [-0.15, -0.1) is 23.7 Å². The van der Waals surface area contributed by atoms with Crippen LogP contribution in [0.1, 0.15) is 24.8 Å². The van der Waals surface area contributed by atoms with Crippen molar-refractivity contribution in [2.24, 2.45) is 0 Å². The van der Waals surface area contributed by atoms with Crippen LogP contribution in [-0.2, 0) is 4.74 Å². The highest BCUT2D eigenvalue weighted by atomic mass is 35.5. The minimum Gasteiger partial charge on any atom is -0.385 e. The molecule has 0 bridgehead atoms. The number of aliphatic hydroxyl groups excluding tert-OH is 1. The summed E-state index contributed by atoms with van der Waals surface area (Å²) in [4.78, 5) is 3.28. The number of likely N-dealkylation sites (N-methyl/N-ethyl adjacent to an activating group) is 1. The Balaban J connectivity index is 0.00000256. The van der Waals surface area contributed by atoms with Gasteiger partial charge in [0, 0.05) is 11.4 Å². The van der Waals surface area contributed by atoms with Gasteiger partial charge in [-0.25, -0.2) is 0 Å². The molecule has 1 aromatic heterocycles. The van der Waals surface area contributed by atoms with Crippen molar-refractivity contribution < 1.29 is 9.84 Å². The SMILES string of the molecule is CCN(CC)CCOCC(O)c1cccs1.Cl. The van der Waals surface area contributed by atoms with Gasteiger partial charge in [0.15, 0.2) is 0 Å². The van der Waals surface area contributed by atoms with Gasteiger partial charge in [0.25, 0.3) is 0 Å². The first-order valence-electron chi connectivity index (χ1n) is 5.79. The van der Waals surface area contributed by atoms with E-state index in [2.05, 4.69) is 18.7 Å². The molecular formula is C12H22ClNO2S. The molecule has 1 rings (SSSR count). The van der Waals surface area contributed by atoms with Crippen molar-refractivity contribution in [1.82, 2.24) is 4.90 Å². The van der Waals surface area contributed by atoms with Crippen LogP contribution in [0.4, 0.5) is 0 Å². The molecule has 17 heavy (non-hydrogen) atoms. The van der Waals surface area contributed by atoms with Crippen molar-refractivity contribution in [2.45, 2.75) is 20.0 Å². The quantitative estimate of drug-likeness (QED) is 0.743. The third-order valence-corrected chi connectivity index (χ3v) is 3.57. The van der Waals surface area contributed by atoms with Crippen molar-refractivity contribution in [3.8, 4) is 0 Å². The first-order chi connectivity index (χ1) is 7.77. The van der Waals surface area contributed by atoms with Gasteiger partial charge in [0.05, 0.1) is 13.2 Å². The fourth-order valence-electron chi connectivity index (χ4n) is 1.49. The van der Waals surface area contributed by atoms with Crippen LogP contribution in [-0.4, -0.2) is 42.9 Å². The fourth-order valence-corrected chi connectivity index (χ4v) is 2.19. The van der Waals surface area contributed by atoms with Gasteiger partial charge in [-0.05, 0) is 24.5 Å². The first kappa shape index (κ1) is 16.9. The highest BCUT2D eigenvalue weighted by Gasteiger charge is 2.08. The highest BCUT2D eigenvalue weighted by Crippen LogP contribution is 2.18. The van der Waals surface area contributed by atoms with E-state index in [1.54, 1.807) is 11.3 Å². The van der Waals surface area contributed by atoms with Gasteiger partial charge in [0.2, 0.25) is 0 Å². The third-order valence-electron chi connectivity index (χ3n) is 2.59. The Labute approximate surface area is 114 Å². The molecule has 0 aromatic carbocycles. The molecule has 0 spiro atoms. The second-order valence-corrected chi connectivity index (χ2v) is 4.61. The molecule has 5 heteroatoms. The maximum Gasteiger partial charge on any atom is 0.111 e. The Kier molecular flexibility index (Phi) is 9.78. The second-order valence-electron chi connectivity index (χ2n) is 3.63. The first-order valence-corrected chi connectivity index (χ1v) is 6.67. The van der Waals surface area contributed by atoms with Gasteiger partial charge >= 0.3 is 0 Å². The maximum atomic E-state index is 9.76. The zero-order valence-corrected chi connectivity index (χ0v) is 12.1. The van der Waals surface area contributed by atoms with Gasteiger partial charge in [-0.1, -0.05) is 19.9 Å². The molecule has 0 aliphatic rings. The molecule has 3 nitrogen and oxygen atoms in total. The van der Waals surface area contributed by atoms with Crippen LogP contribution >= 0.6 is 23.7 Å². The number of thiophene rings is 1. The lowest BCUT2D eigenvalue weighted by Crippen LogP contribution is -2.27. The van der Waals surface area contributed by atoms with E-state index in [4.69, 9.17) is 4.74 Å².